The number of nitrogens with one attached hydrogen (secondary N) is 4. The fourth-order valence-corrected chi connectivity index (χ4v) is 13.3. The normalized spacial score (nSPS) is 17.4. The van der Waals surface area contributed by atoms with Gasteiger partial charge in [-0.3, -0.25) is 38.6 Å². The van der Waals surface area contributed by atoms with Crippen LogP contribution in [-0.2, 0) is 51.9 Å². The van der Waals surface area contributed by atoms with Gasteiger partial charge in [0.05, 0.1) is 17.6 Å². The maximum atomic E-state index is 15.0. The Morgan fingerprint density at radius 2 is 1.15 bits per heavy atom. The first-order valence-corrected chi connectivity index (χ1v) is 33.7. The van der Waals surface area contributed by atoms with Crippen LogP contribution >= 0.6 is 12.2 Å². The lowest BCUT2D eigenvalue weighted by Crippen LogP contribution is -2.59. The number of esters is 1. The standard InChI is InChI=1S/C73H94N10O11S/c1-47(78(6)7)66(88)76-60(26-17-37-74-71(95)75-51-29-32-57-56(42-51)70(92)94-73(57)58-33-30-54(84)43-61(58)93-62-44-55(85)31-34-59(62)73)68(90)82-38-18-24-52(82)45-80(40-35-49-20-12-10-13-21-49)63(86)27-16-28-64(87)81(41-36-50-22-14-11-15-23-50)46-53-25-19-39-83(53)69(91)65(72(3,4)5)77-67(89)48(2)79(8)9/h10-15,20-23,29-34,42-44,47-48,52-53,60,65,84-85H,16-19,24-28,35-41,45-46H2,1-9H3,(H,76,88)(H,77,89)(H2,74,75,95)/t47-,48-,52-,53-,60-,65+/m0/s1. The van der Waals surface area contributed by atoms with E-state index in [9.17, 15) is 43.8 Å². The highest BCUT2D eigenvalue weighted by atomic mass is 32.1. The number of nitrogens with zero attached hydrogens (tertiary/aromatic N) is 6. The molecule has 4 aliphatic rings. The van der Waals surface area contributed by atoms with Crippen molar-refractivity contribution >= 4 is 64.4 Å². The van der Waals surface area contributed by atoms with Crippen molar-refractivity contribution in [3.05, 3.63) is 149 Å². The molecule has 2 fully saturated rings. The number of anilines is 1. The van der Waals surface area contributed by atoms with Crippen LogP contribution in [0.3, 0.4) is 0 Å². The predicted octanol–water partition coefficient (Wildman–Crippen LogP) is 7.94. The Morgan fingerprint density at radius 1 is 0.653 bits per heavy atom. The van der Waals surface area contributed by atoms with E-state index in [-0.39, 0.29) is 107 Å². The fourth-order valence-electron chi connectivity index (χ4n) is 13.1. The highest BCUT2D eigenvalue weighted by Gasteiger charge is 2.54. The molecule has 22 heteroatoms. The lowest BCUT2D eigenvalue weighted by molar-refractivity contribution is -0.142. The minimum absolute atomic E-state index is 0.0489. The minimum Gasteiger partial charge on any atom is -0.508 e. The average Bonchev–Trinajstić information content (AvgIpc) is 1.58. The van der Waals surface area contributed by atoms with Gasteiger partial charge in [-0.2, -0.15) is 0 Å². The number of rotatable bonds is 27. The molecule has 5 aromatic rings. The van der Waals surface area contributed by atoms with Gasteiger partial charge in [0.25, 0.3) is 0 Å². The molecule has 21 nitrogen and oxygen atoms in total. The molecule has 95 heavy (non-hydrogen) atoms. The van der Waals surface area contributed by atoms with Crippen LogP contribution in [-0.4, -0.2) is 196 Å². The number of carbonyl (C=O) groups is 7. The van der Waals surface area contributed by atoms with E-state index in [1.807, 2.05) is 115 Å². The van der Waals surface area contributed by atoms with E-state index in [1.165, 1.54) is 24.3 Å². The number of carbonyl (C=O) groups excluding carboxylic acids is 7. The summed E-state index contributed by atoms with van der Waals surface area (Å²) in [5.74, 6) is -1.33. The van der Waals surface area contributed by atoms with E-state index < -0.39 is 41.2 Å². The van der Waals surface area contributed by atoms with Gasteiger partial charge < -0.3 is 60.6 Å². The van der Waals surface area contributed by atoms with Gasteiger partial charge in [0, 0.05) is 105 Å². The van der Waals surface area contributed by atoms with Crippen LogP contribution in [0.2, 0.25) is 0 Å². The summed E-state index contributed by atoms with van der Waals surface area (Å²) in [5, 5.41) is 33.5. The Morgan fingerprint density at radius 3 is 1.65 bits per heavy atom. The summed E-state index contributed by atoms with van der Waals surface area (Å²) < 4.78 is 12.3. The lowest BCUT2D eigenvalue weighted by atomic mass is 9.77. The molecule has 5 aromatic carbocycles. The van der Waals surface area contributed by atoms with Gasteiger partial charge in [0.2, 0.25) is 35.4 Å². The summed E-state index contributed by atoms with van der Waals surface area (Å²) in [6.07, 6.45) is 5.21. The third-order valence-corrected chi connectivity index (χ3v) is 19.3. The van der Waals surface area contributed by atoms with E-state index >= 15 is 0 Å². The Bertz CT molecular complexity index is 3530. The predicted molar refractivity (Wildman–Crippen MR) is 368 cm³/mol. The van der Waals surface area contributed by atoms with Crippen molar-refractivity contribution in [2.75, 3.05) is 79.3 Å². The first-order valence-electron chi connectivity index (χ1n) is 33.3. The quantitative estimate of drug-likeness (QED) is 0.0166. The molecule has 508 valence electrons. The fraction of sp³-hybridized carbons (Fsp3) is 0.479. The molecule has 0 saturated carbocycles. The number of thiocarbonyl (C=S) groups is 1. The minimum atomic E-state index is -1.43. The van der Waals surface area contributed by atoms with E-state index in [2.05, 4.69) is 21.3 Å². The van der Waals surface area contributed by atoms with Crippen molar-refractivity contribution in [1.82, 2.24) is 45.3 Å². The van der Waals surface area contributed by atoms with Crippen LogP contribution in [0.1, 0.15) is 131 Å². The Labute approximate surface area is 563 Å². The number of aromatic hydroxyl groups is 2. The maximum Gasteiger partial charge on any atom is 0.340 e. The molecule has 6 atom stereocenters. The van der Waals surface area contributed by atoms with Crippen LogP contribution in [0.25, 0.3) is 0 Å². The first-order chi connectivity index (χ1) is 45.3. The second-order valence-corrected chi connectivity index (χ2v) is 27.5. The van der Waals surface area contributed by atoms with Gasteiger partial charge in [-0.25, -0.2) is 4.79 Å². The smallest absolute Gasteiger partial charge is 0.340 e. The Balaban J connectivity index is 0.844. The molecule has 6 amide bonds. The van der Waals surface area contributed by atoms with Gasteiger partial charge in [-0.1, -0.05) is 87.5 Å². The molecular weight excluding hydrogens is 1220 g/mol. The molecule has 1 spiro atoms. The third-order valence-electron chi connectivity index (χ3n) is 19.0. The molecule has 6 N–H and O–H groups in total. The van der Waals surface area contributed by atoms with Crippen molar-refractivity contribution in [3.8, 4) is 23.0 Å². The van der Waals surface area contributed by atoms with E-state index in [1.54, 1.807) is 68.1 Å². The van der Waals surface area contributed by atoms with Crippen LogP contribution in [0.4, 0.5) is 5.69 Å². The lowest BCUT2D eigenvalue weighted by Gasteiger charge is -2.38. The van der Waals surface area contributed by atoms with Crippen molar-refractivity contribution < 1.29 is 53.2 Å². The van der Waals surface area contributed by atoms with Crippen LogP contribution in [0, 0.1) is 5.41 Å². The molecule has 0 unspecified atom stereocenters. The van der Waals surface area contributed by atoms with E-state index in [0.29, 0.717) is 107 Å². The topological polar surface area (TPSA) is 246 Å². The number of hydrogen-bond donors (Lipinski definition) is 6. The number of amides is 6. The summed E-state index contributed by atoms with van der Waals surface area (Å²) >= 11 is 5.75. The molecule has 4 aliphatic heterocycles. The number of fused-ring (bicyclic) bond motifs is 6. The van der Waals surface area contributed by atoms with Gasteiger partial charge in [-0.15, -0.1) is 0 Å². The molecule has 9 rings (SSSR count). The van der Waals surface area contributed by atoms with Crippen LogP contribution in [0.15, 0.2) is 115 Å². The number of phenols is 2. The zero-order chi connectivity index (χ0) is 68.3. The monoisotopic (exact) mass is 1320 g/mol. The number of benzene rings is 5. The van der Waals surface area contributed by atoms with Crippen molar-refractivity contribution in [2.45, 2.75) is 147 Å². The van der Waals surface area contributed by atoms with Crippen molar-refractivity contribution in [1.29, 1.82) is 0 Å². The maximum absolute atomic E-state index is 15.0. The largest absolute Gasteiger partial charge is 0.508 e. The summed E-state index contributed by atoms with van der Waals surface area (Å²) in [5.41, 5.74) is 2.44. The van der Waals surface area contributed by atoms with Gasteiger partial charge in [0.15, 0.2) is 10.7 Å². The molecule has 2 saturated heterocycles. The zero-order valence-corrected chi connectivity index (χ0v) is 57.1. The molecule has 0 radical (unpaired) electrons. The second-order valence-electron chi connectivity index (χ2n) is 27.1. The van der Waals surface area contributed by atoms with E-state index in [0.717, 1.165) is 17.5 Å². The second kappa shape index (κ2) is 31.3. The summed E-state index contributed by atoms with van der Waals surface area (Å²) in [7, 11) is 7.25. The summed E-state index contributed by atoms with van der Waals surface area (Å²) in [6.45, 7) is 12.1. The zero-order valence-electron chi connectivity index (χ0n) is 56.3. The Kier molecular flexibility index (Phi) is 23.3. The van der Waals surface area contributed by atoms with Crippen molar-refractivity contribution in [2.24, 2.45) is 5.41 Å². The Hall–Kier alpha value is -8.60. The molecule has 0 aliphatic carbocycles. The highest BCUT2D eigenvalue weighted by molar-refractivity contribution is 7.80. The number of phenolic OH excluding ortho intramolecular Hbond substituents is 2. The van der Waals surface area contributed by atoms with Gasteiger partial charge in [0.1, 0.15) is 35.1 Å². The van der Waals surface area contributed by atoms with Gasteiger partial charge in [-0.05, 0) is 165 Å². The first kappa shape index (κ1) is 70.7. The molecule has 0 bridgehead atoms. The number of likely N-dealkylation sites (tertiary alicyclic amines) is 2. The van der Waals surface area contributed by atoms with Gasteiger partial charge >= 0.3 is 5.97 Å². The number of hydrogen-bond acceptors (Lipinski definition) is 14. The number of ether oxygens (including phenoxy) is 2. The van der Waals surface area contributed by atoms with E-state index in [4.69, 9.17) is 21.7 Å². The molecule has 0 aromatic heterocycles. The van der Waals surface area contributed by atoms with Crippen LogP contribution in [0.5, 0.6) is 23.0 Å². The summed E-state index contributed by atoms with van der Waals surface area (Å²) in [4.78, 5) is 111. The van der Waals surface area contributed by atoms with Crippen molar-refractivity contribution in [3.63, 3.8) is 0 Å². The van der Waals surface area contributed by atoms with Crippen LogP contribution < -0.4 is 26.0 Å². The molecule has 4 heterocycles. The highest BCUT2D eigenvalue weighted by Crippen LogP contribution is 2.57. The number of likely N-dealkylation sites (N-methyl/N-ethyl adjacent to an activating group) is 2. The summed E-state index contributed by atoms with van der Waals surface area (Å²) in [6, 6.07) is 31.0. The average molecular weight is 1320 g/mol. The third kappa shape index (κ3) is 17.1. The molecular formula is C73H94N10O11S. The SMILES string of the molecule is C[C@@H](C(=O)N[C@@H](CCCNC(=S)Nc1ccc2c(c1)C(=O)OC21c2ccc(O)cc2Oc2cc(O)ccc21)C(=O)N1CCC[C@H]1CN(CCc1ccccc1)C(=O)CCCC(=O)N(CCc1ccccc1)C[C@@H]1CCCN1C(=O)[C@@H](NC(=O)[C@H](C)N(C)C)C(C)(C)C)N(C)C.